The number of piperidine rings is 1. The minimum absolute atomic E-state index is 0.0834. The molecule has 1 aromatic heterocycles. The van der Waals surface area contributed by atoms with Gasteiger partial charge in [-0.05, 0) is 85.7 Å². The number of carbonyl (C=O) groups is 1. The third-order valence-electron chi connectivity index (χ3n) is 9.49. The molecule has 3 aliphatic rings. The van der Waals surface area contributed by atoms with Crippen LogP contribution in [0.25, 0.3) is 23.1 Å². The summed E-state index contributed by atoms with van der Waals surface area (Å²) in [5.41, 5.74) is 7.03. The van der Waals surface area contributed by atoms with E-state index in [1.807, 2.05) is 18.2 Å². The number of ether oxygens (including phenoxy) is 1. The average Bonchev–Trinajstić information content (AvgIpc) is 3.51. The lowest BCUT2D eigenvalue weighted by molar-refractivity contribution is -0.118. The van der Waals surface area contributed by atoms with E-state index in [0.29, 0.717) is 12.1 Å². The fourth-order valence-electron chi connectivity index (χ4n) is 7.01. The maximum Gasteiger partial charge on any atom is 0.235 e. The number of hydrogen-bond donors (Lipinski definition) is 2. The third kappa shape index (κ3) is 4.13. The third-order valence-corrected chi connectivity index (χ3v) is 9.49. The first-order valence-corrected chi connectivity index (χ1v) is 14.5. The van der Waals surface area contributed by atoms with E-state index in [1.165, 1.54) is 24.8 Å². The molecule has 3 aromatic carbocycles. The SMILES string of the molecule is COc1ccc2c(c1)[C@]1(C[C@H]1c1ccc3c(C=Cc4ccc(CN5[C@H](C)CCC[C@@H]5C)cc4)n[nH]c3c1)C(=O)N2. The minimum atomic E-state index is -0.503. The van der Waals surface area contributed by atoms with E-state index < -0.39 is 5.41 Å². The van der Waals surface area contributed by atoms with Gasteiger partial charge in [0.05, 0.1) is 23.7 Å². The van der Waals surface area contributed by atoms with Crippen LogP contribution in [0.5, 0.6) is 5.75 Å². The van der Waals surface area contributed by atoms with Gasteiger partial charge in [-0.1, -0.05) is 48.9 Å². The minimum Gasteiger partial charge on any atom is -0.497 e. The Morgan fingerprint density at radius 1 is 1.02 bits per heavy atom. The average molecular weight is 533 g/mol. The molecule has 4 aromatic rings. The standard InChI is InChI=1S/C34H36N4O2/c1-21-5-4-6-22(2)38(21)20-24-9-7-23(8-10-24)11-15-30-27-14-12-25(17-32(27)37-36-30)29-19-34(29)28-18-26(40-3)13-16-31(28)35-33(34)39/h7-18,21-22,29H,4-6,19-20H2,1-3H3,(H,35,39)(H,36,37)/t21-,22+,29-,34-/m0/s1. The lowest BCUT2D eigenvalue weighted by Gasteiger charge is -2.39. The first-order valence-electron chi connectivity index (χ1n) is 14.5. The van der Waals surface area contributed by atoms with Gasteiger partial charge in [-0.25, -0.2) is 0 Å². The number of methoxy groups -OCH3 is 1. The normalized spacial score (nSPS) is 26.0. The topological polar surface area (TPSA) is 70.2 Å². The maximum atomic E-state index is 13.1. The highest BCUT2D eigenvalue weighted by Gasteiger charge is 2.65. The van der Waals surface area contributed by atoms with Gasteiger partial charge in [-0.3, -0.25) is 14.8 Å². The molecule has 7 rings (SSSR count). The molecule has 40 heavy (non-hydrogen) atoms. The number of nitrogens with one attached hydrogen (secondary N) is 2. The highest BCUT2D eigenvalue weighted by Crippen LogP contribution is 2.65. The van der Waals surface area contributed by atoms with Crippen molar-refractivity contribution in [2.24, 2.45) is 0 Å². The zero-order valence-corrected chi connectivity index (χ0v) is 23.4. The Bertz CT molecular complexity index is 1610. The summed E-state index contributed by atoms with van der Waals surface area (Å²) < 4.78 is 5.44. The Morgan fingerprint density at radius 3 is 2.60 bits per heavy atom. The molecule has 1 amide bonds. The fraction of sp³-hybridized carbons (Fsp3) is 0.353. The molecule has 6 nitrogen and oxygen atoms in total. The molecule has 1 spiro atoms. The van der Waals surface area contributed by atoms with Crippen molar-refractivity contribution in [3.05, 3.63) is 88.6 Å². The number of hydrogen-bond acceptors (Lipinski definition) is 4. The number of amides is 1. The van der Waals surface area contributed by atoms with Crippen LogP contribution < -0.4 is 10.1 Å². The van der Waals surface area contributed by atoms with Crippen LogP contribution in [0.1, 0.15) is 73.4 Å². The van der Waals surface area contributed by atoms with Crippen molar-refractivity contribution in [3.8, 4) is 5.75 Å². The van der Waals surface area contributed by atoms with Crippen LogP contribution in [0.4, 0.5) is 5.69 Å². The molecule has 4 atom stereocenters. The van der Waals surface area contributed by atoms with E-state index in [1.54, 1.807) is 7.11 Å². The quantitative estimate of drug-likeness (QED) is 0.284. The number of rotatable bonds is 6. The monoisotopic (exact) mass is 532 g/mol. The van der Waals surface area contributed by atoms with Crippen LogP contribution >= 0.6 is 0 Å². The van der Waals surface area contributed by atoms with Gasteiger partial charge < -0.3 is 10.1 Å². The number of aromatic amines is 1. The smallest absolute Gasteiger partial charge is 0.235 e. The summed E-state index contributed by atoms with van der Waals surface area (Å²) in [6, 6.07) is 22.5. The fourth-order valence-corrected chi connectivity index (χ4v) is 7.01. The van der Waals surface area contributed by atoms with Crippen molar-refractivity contribution in [2.45, 2.75) is 69.5 Å². The highest BCUT2D eigenvalue weighted by atomic mass is 16.5. The molecule has 6 heteroatoms. The summed E-state index contributed by atoms with van der Waals surface area (Å²) >= 11 is 0. The van der Waals surface area contributed by atoms with E-state index in [0.717, 1.165) is 57.7 Å². The molecule has 2 fully saturated rings. The molecular weight excluding hydrogens is 496 g/mol. The number of nitrogens with zero attached hydrogens (tertiary/aromatic N) is 2. The van der Waals surface area contributed by atoms with Crippen molar-refractivity contribution in [1.82, 2.24) is 15.1 Å². The van der Waals surface area contributed by atoms with Crippen LogP contribution in [-0.4, -0.2) is 40.2 Å². The number of likely N-dealkylation sites (tertiary alicyclic amines) is 1. The zero-order valence-electron chi connectivity index (χ0n) is 23.4. The number of fused-ring (bicyclic) bond motifs is 3. The molecule has 1 saturated carbocycles. The molecule has 0 radical (unpaired) electrons. The van der Waals surface area contributed by atoms with Crippen LogP contribution in [0.2, 0.25) is 0 Å². The molecule has 3 heterocycles. The van der Waals surface area contributed by atoms with E-state index in [2.05, 4.69) is 88.9 Å². The van der Waals surface area contributed by atoms with Crippen molar-refractivity contribution < 1.29 is 9.53 Å². The summed E-state index contributed by atoms with van der Waals surface area (Å²) in [4.78, 5) is 15.7. The summed E-state index contributed by atoms with van der Waals surface area (Å²) in [5.74, 6) is 1.00. The van der Waals surface area contributed by atoms with Crippen LogP contribution in [-0.2, 0) is 16.8 Å². The van der Waals surface area contributed by atoms with Crippen molar-refractivity contribution >= 4 is 34.6 Å². The molecule has 1 aliphatic carbocycles. The van der Waals surface area contributed by atoms with E-state index >= 15 is 0 Å². The molecule has 204 valence electrons. The van der Waals surface area contributed by atoms with E-state index in [-0.39, 0.29) is 11.8 Å². The lowest BCUT2D eigenvalue weighted by atomic mass is 9.91. The van der Waals surface area contributed by atoms with E-state index in [9.17, 15) is 4.79 Å². The Hall–Kier alpha value is -3.90. The summed E-state index contributed by atoms with van der Waals surface area (Å²) in [6.07, 6.45) is 8.94. The van der Waals surface area contributed by atoms with Gasteiger partial charge in [0.1, 0.15) is 5.75 Å². The predicted octanol–water partition coefficient (Wildman–Crippen LogP) is 6.88. The van der Waals surface area contributed by atoms with Gasteiger partial charge in [0.25, 0.3) is 0 Å². The Kier molecular flexibility index (Phi) is 6.04. The summed E-state index contributed by atoms with van der Waals surface area (Å²) in [5, 5.41) is 12.0. The maximum absolute atomic E-state index is 13.1. The van der Waals surface area contributed by atoms with Gasteiger partial charge in [0, 0.05) is 35.6 Å². The van der Waals surface area contributed by atoms with Gasteiger partial charge in [-0.2, -0.15) is 5.10 Å². The van der Waals surface area contributed by atoms with E-state index in [4.69, 9.17) is 4.74 Å². The molecule has 0 unspecified atom stereocenters. The van der Waals surface area contributed by atoms with Gasteiger partial charge in [0.15, 0.2) is 0 Å². The Labute approximate surface area is 235 Å². The highest BCUT2D eigenvalue weighted by molar-refractivity contribution is 6.10. The molecular formula is C34H36N4O2. The molecule has 2 aliphatic heterocycles. The Balaban J connectivity index is 1.07. The summed E-state index contributed by atoms with van der Waals surface area (Å²) in [6.45, 7) is 5.73. The largest absolute Gasteiger partial charge is 0.497 e. The Morgan fingerprint density at radius 2 is 1.82 bits per heavy atom. The second-order valence-electron chi connectivity index (χ2n) is 11.9. The van der Waals surface area contributed by atoms with Gasteiger partial charge in [0.2, 0.25) is 5.91 Å². The van der Waals surface area contributed by atoms with Crippen molar-refractivity contribution in [2.75, 3.05) is 12.4 Å². The zero-order chi connectivity index (χ0) is 27.4. The van der Waals surface area contributed by atoms with Crippen LogP contribution in [0.3, 0.4) is 0 Å². The van der Waals surface area contributed by atoms with Crippen LogP contribution in [0.15, 0.2) is 60.7 Å². The second-order valence-corrected chi connectivity index (χ2v) is 11.9. The molecule has 1 saturated heterocycles. The van der Waals surface area contributed by atoms with Crippen molar-refractivity contribution in [3.63, 3.8) is 0 Å². The number of carbonyl (C=O) groups excluding carboxylic acids is 1. The molecule has 0 bridgehead atoms. The number of H-pyrrole nitrogens is 1. The number of anilines is 1. The summed E-state index contributed by atoms with van der Waals surface area (Å²) in [7, 11) is 1.66. The van der Waals surface area contributed by atoms with Crippen molar-refractivity contribution in [1.29, 1.82) is 0 Å². The predicted molar refractivity (Wildman–Crippen MR) is 160 cm³/mol. The molecule has 2 N–H and O–H groups in total. The van der Waals surface area contributed by atoms with Crippen LogP contribution in [0, 0.1) is 0 Å². The second kappa shape index (κ2) is 9.63. The van der Waals surface area contributed by atoms with Gasteiger partial charge >= 0.3 is 0 Å². The number of aromatic nitrogens is 2. The lowest BCUT2D eigenvalue weighted by Crippen LogP contribution is -2.42. The first-order chi connectivity index (χ1) is 19.5. The first kappa shape index (κ1) is 25.1. The number of benzene rings is 3. The van der Waals surface area contributed by atoms with Gasteiger partial charge in [-0.15, -0.1) is 0 Å².